The smallest absolute Gasteiger partial charge is 0.306 e. The molecule has 0 saturated carbocycles. The zero-order valence-corrected chi connectivity index (χ0v) is 10.7. The predicted octanol–water partition coefficient (Wildman–Crippen LogP) is 3.43. The Balaban J connectivity index is 2.20. The van der Waals surface area contributed by atoms with Crippen LogP contribution < -0.4 is 0 Å². The summed E-state index contributed by atoms with van der Waals surface area (Å²) in [7, 11) is 0. The van der Waals surface area contributed by atoms with Crippen LogP contribution in [0.15, 0.2) is 29.2 Å². The molecule has 0 saturated heterocycles. The summed E-state index contributed by atoms with van der Waals surface area (Å²) in [6.07, 6.45) is 1.37. The highest BCUT2D eigenvalue weighted by atomic mass is 32.2. The van der Waals surface area contributed by atoms with Gasteiger partial charge in [0.1, 0.15) is 0 Å². The second-order valence-electron chi connectivity index (χ2n) is 3.63. The minimum atomic E-state index is -0.0959. The van der Waals surface area contributed by atoms with Crippen LogP contribution in [0.4, 0.5) is 0 Å². The fraction of sp³-hybridized carbons (Fsp3) is 0.462. The van der Waals surface area contributed by atoms with E-state index in [1.807, 2.05) is 6.92 Å². The van der Waals surface area contributed by atoms with Gasteiger partial charge in [0.05, 0.1) is 13.0 Å². The molecule has 0 aromatic heterocycles. The van der Waals surface area contributed by atoms with Crippen molar-refractivity contribution in [2.45, 2.75) is 31.6 Å². The third-order valence-corrected chi connectivity index (χ3v) is 3.08. The second-order valence-corrected chi connectivity index (χ2v) is 4.80. The Labute approximate surface area is 101 Å². The lowest BCUT2D eigenvalue weighted by Crippen LogP contribution is -2.05. The van der Waals surface area contributed by atoms with Crippen LogP contribution in [0.2, 0.25) is 0 Å². The summed E-state index contributed by atoms with van der Waals surface area (Å²) in [4.78, 5) is 12.4. The van der Waals surface area contributed by atoms with Gasteiger partial charge in [-0.2, -0.15) is 0 Å². The molecule has 0 heterocycles. The SMILES string of the molecule is CCCOC(=O)CCSc1ccc(C)cc1. The Morgan fingerprint density at radius 3 is 2.62 bits per heavy atom. The molecule has 0 atom stereocenters. The molecule has 1 rings (SSSR count). The molecule has 0 amide bonds. The standard InChI is InChI=1S/C13H18O2S/c1-3-9-15-13(14)8-10-16-12-6-4-11(2)5-7-12/h4-7H,3,8-10H2,1-2H3. The Morgan fingerprint density at radius 2 is 2.00 bits per heavy atom. The summed E-state index contributed by atoms with van der Waals surface area (Å²) in [5, 5.41) is 0. The molecule has 3 heteroatoms. The van der Waals surface area contributed by atoms with Gasteiger partial charge in [-0.1, -0.05) is 24.6 Å². The van der Waals surface area contributed by atoms with E-state index in [1.165, 1.54) is 10.5 Å². The molecular weight excluding hydrogens is 220 g/mol. The first kappa shape index (κ1) is 13.1. The number of benzene rings is 1. The van der Waals surface area contributed by atoms with Crippen molar-refractivity contribution in [2.24, 2.45) is 0 Å². The Bertz CT molecular complexity index is 319. The lowest BCUT2D eigenvalue weighted by molar-refractivity contribution is -0.143. The van der Waals surface area contributed by atoms with E-state index in [1.54, 1.807) is 11.8 Å². The highest BCUT2D eigenvalue weighted by Gasteiger charge is 2.02. The monoisotopic (exact) mass is 238 g/mol. The van der Waals surface area contributed by atoms with Crippen molar-refractivity contribution in [3.05, 3.63) is 29.8 Å². The van der Waals surface area contributed by atoms with Crippen molar-refractivity contribution < 1.29 is 9.53 Å². The molecule has 0 bridgehead atoms. The van der Waals surface area contributed by atoms with Gasteiger partial charge >= 0.3 is 5.97 Å². The van der Waals surface area contributed by atoms with Gasteiger partial charge in [0.2, 0.25) is 0 Å². The highest BCUT2D eigenvalue weighted by Crippen LogP contribution is 2.19. The summed E-state index contributed by atoms with van der Waals surface area (Å²) in [5.41, 5.74) is 1.26. The molecule has 0 aliphatic carbocycles. The number of carbonyl (C=O) groups excluding carboxylic acids is 1. The summed E-state index contributed by atoms with van der Waals surface area (Å²) >= 11 is 1.69. The Morgan fingerprint density at radius 1 is 1.31 bits per heavy atom. The summed E-state index contributed by atoms with van der Waals surface area (Å²) in [6, 6.07) is 8.32. The summed E-state index contributed by atoms with van der Waals surface area (Å²) in [5.74, 6) is 0.687. The van der Waals surface area contributed by atoms with Crippen LogP contribution in [0.1, 0.15) is 25.3 Å². The number of hydrogen-bond acceptors (Lipinski definition) is 3. The van der Waals surface area contributed by atoms with Gasteiger partial charge in [0.15, 0.2) is 0 Å². The second kappa shape index (κ2) is 7.34. The highest BCUT2D eigenvalue weighted by molar-refractivity contribution is 7.99. The van der Waals surface area contributed by atoms with Gasteiger partial charge in [-0.25, -0.2) is 0 Å². The van der Waals surface area contributed by atoms with Gasteiger partial charge in [0.25, 0.3) is 0 Å². The quantitative estimate of drug-likeness (QED) is 0.561. The van der Waals surface area contributed by atoms with Crippen LogP contribution in [0, 0.1) is 6.92 Å². The minimum absolute atomic E-state index is 0.0959. The minimum Gasteiger partial charge on any atom is -0.466 e. The van der Waals surface area contributed by atoms with E-state index in [2.05, 4.69) is 31.2 Å². The van der Waals surface area contributed by atoms with Crippen LogP contribution in [0.5, 0.6) is 0 Å². The van der Waals surface area contributed by atoms with Crippen LogP contribution in [0.3, 0.4) is 0 Å². The molecule has 0 aliphatic rings. The number of thioether (sulfide) groups is 1. The summed E-state index contributed by atoms with van der Waals surface area (Å²) in [6.45, 7) is 4.60. The van der Waals surface area contributed by atoms with Crippen LogP contribution in [0.25, 0.3) is 0 Å². The largest absolute Gasteiger partial charge is 0.466 e. The van der Waals surface area contributed by atoms with Crippen molar-refractivity contribution in [3.63, 3.8) is 0 Å². The van der Waals surface area contributed by atoms with E-state index in [-0.39, 0.29) is 5.97 Å². The van der Waals surface area contributed by atoms with E-state index < -0.39 is 0 Å². The summed E-state index contributed by atoms with van der Waals surface area (Å²) < 4.78 is 5.00. The van der Waals surface area contributed by atoms with Crippen molar-refractivity contribution in [2.75, 3.05) is 12.4 Å². The number of hydrogen-bond donors (Lipinski definition) is 0. The van der Waals surface area contributed by atoms with Gasteiger partial charge in [-0.05, 0) is 25.5 Å². The van der Waals surface area contributed by atoms with E-state index >= 15 is 0 Å². The van der Waals surface area contributed by atoms with Crippen LogP contribution >= 0.6 is 11.8 Å². The van der Waals surface area contributed by atoms with Crippen molar-refractivity contribution in [3.8, 4) is 0 Å². The molecule has 0 spiro atoms. The topological polar surface area (TPSA) is 26.3 Å². The molecule has 16 heavy (non-hydrogen) atoms. The number of esters is 1. The van der Waals surface area contributed by atoms with Crippen LogP contribution in [-0.4, -0.2) is 18.3 Å². The number of ether oxygens (including phenoxy) is 1. The maximum atomic E-state index is 11.2. The predicted molar refractivity (Wildman–Crippen MR) is 67.8 cm³/mol. The van der Waals surface area contributed by atoms with E-state index in [9.17, 15) is 4.79 Å². The number of rotatable bonds is 6. The fourth-order valence-corrected chi connectivity index (χ4v) is 2.01. The molecule has 0 N–H and O–H groups in total. The first-order valence-electron chi connectivity index (χ1n) is 5.57. The Kier molecular flexibility index (Phi) is 6.01. The lowest BCUT2D eigenvalue weighted by Gasteiger charge is -2.03. The number of carbonyl (C=O) groups is 1. The molecule has 1 aromatic rings. The maximum Gasteiger partial charge on any atom is 0.306 e. The molecule has 1 aromatic carbocycles. The average molecular weight is 238 g/mol. The molecule has 0 aliphatic heterocycles. The third-order valence-electron chi connectivity index (χ3n) is 2.06. The van der Waals surface area contributed by atoms with E-state index in [0.717, 1.165) is 12.2 Å². The average Bonchev–Trinajstić information content (AvgIpc) is 2.29. The van der Waals surface area contributed by atoms with Crippen LogP contribution in [-0.2, 0) is 9.53 Å². The zero-order valence-electron chi connectivity index (χ0n) is 9.86. The normalized spacial score (nSPS) is 10.1. The lowest BCUT2D eigenvalue weighted by atomic mass is 10.2. The molecular formula is C13H18O2S. The molecule has 2 nitrogen and oxygen atoms in total. The molecule has 88 valence electrons. The van der Waals surface area contributed by atoms with E-state index in [0.29, 0.717) is 13.0 Å². The van der Waals surface area contributed by atoms with Crippen molar-refractivity contribution in [1.82, 2.24) is 0 Å². The van der Waals surface area contributed by atoms with Gasteiger partial charge in [0, 0.05) is 10.6 Å². The third kappa shape index (κ3) is 5.21. The van der Waals surface area contributed by atoms with E-state index in [4.69, 9.17) is 4.74 Å². The molecule has 0 unspecified atom stereocenters. The van der Waals surface area contributed by atoms with Gasteiger partial charge in [-0.3, -0.25) is 4.79 Å². The zero-order chi connectivity index (χ0) is 11.8. The molecule has 0 radical (unpaired) electrons. The fourth-order valence-electron chi connectivity index (χ4n) is 1.17. The van der Waals surface area contributed by atoms with Crippen molar-refractivity contribution >= 4 is 17.7 Å². The van der Waals surface area contributed by atoms with Crippen molar-refractivity contribution in [1.29, 1.82) is 0 Å². The first-order valence-corrected chi connectivity index (χ1v) is 6.56. The van der Waals surface area contributed by atoms with Gasteiger partial charge in [-0.15, -0.1) is 11.8 Å². The first-order chi connectivity index (χ1) is 7.72. The molecule has 0 fully saturated rings. The maximum absolute atomic E-state index is 11.2. The Hall–Kier alpha value is -0.960. The van der Waals surface area contributed by atoms with Gasteiger partial charge < -0.3 is 4.74 Å². The number of aryl methyl sites for hydroxylation is 1.